The van der Waals surface area contributed by atoms with E-state index in [9.17, 15) is 4.79 Å². The highest BCUT2D eigenvalue weighted by atomic mass is 16.5. The third-order valence-electron chi connectivity index (χ3n) is 3.80. The van der Waals surface area contributed by atoms with Crippen LogP contribution < -0.4 is 11.1 Å². The molecule has 0 saturated carbocycles. The molecule has 2 aromatic rings. The Morgan fingerprint density at radius 1 is 1.40 bits per heavy atom. The highest BCUT2D eigenvalue weighted by molar-refractivity contribution is 5.92. The number of anilines is 1. The fraction of sp³-hybridized carbons (Fsp3) is 0.353. The predicted molar refractivity (Wildman–Crippen MR) is 92.8 cm³/mol. The van der Waals surface area contributed by atoms with Gasteiger partial charge >= 0.3 is 0 Å². The second-order valence-electron chi connectivity index (χ2n) is 5.56. The Balaban J connectivity index is 1.52. The summed E-state index contributed by atoms with van der Waals surface area (Å²) in [5.41, 5.74) is 7.23. The van der Waals surface area contributed by atoms with Crippen LogP contribution in [0.25, 0.3) is 0 Å². The van der Waals surface area contributed by atoms with E-state index in [2.05, 4.69) is 37.2 Å². The van der Waals surface area contributed by atoms with E-state index in [1.54, 1.807) is 24.4 Å². The van der Waals surface area contributed by atoms with Gasteiger partial charge in [0.2, 0.25) is 0 Å². The van der Waals surface area contributed by atoms with Crippen molar-refractivity contribution >= 4 is 11.7 Å². The number of H-pyrrole nitrogens is 1. The first-order valence-corrected chi connectivity index (χ1v) is 8.08. The average molecular weight is 340 g/mol. The predicted octanol–water partition coefficient (Wildman–Crippen LogP) is -0.151. The zero-order chi connectivity index (χ0) is 17.5. The van der Waals surface area contributed by atoms with Crippen LogP contribution in [0.2, 0.25) is 0 Å². The van der Waals surface area contributed by atoms with Crippen molar-refractivity contribution in [2.45, 2.75) is 0 Å². The number of amides is 1. The topological polar surface area (TPSA) is 109 Å². The lowest BCUT2D eigenvalue weighted by molar-refractivity contribution is 0.0383. The van der Waals surface area contributed by atoms with Gasteiger partial charge in [0.25, 0.3) is 5.91 Å². The molecule has 0 bridgehead atoms. The molecular weight excluding hydrogens is 320 g/mol. The largest absolute Gasteiger partial charge is 0.383 e. The number of hydrogen-bond acceptors (Lipinski definition) is 6. The van der Waals surface area contributed by atoms with Gasteiger partial charge in [-0.3, -0.25) is 14.8 Å². The molecule has 4 N–H and O–H groups in total. The van der Waals surface area contributed by atoms with Gasteiger partial charge in [0.1, 0.15) is 11.5 Å². The molecule has 2 aromatic heterocycles. The first-order valence-electron chi connectivity index (χ1n) is 8.08. The molecule has 3 heterocycles. The number of pyridine rings is 1. The number of carbonyl (C=O) groups is 1. The highest BCUT2D eigenvalue weighted by Crippen LogP contribution is 2.05. The Kier molecular flexibility index (Phi) is 5.61. The summed E-state index contributed by atoms with van der Waals surface area (Å²) in [6.07, 6.45) is 1.61. The standard InChI is InChI=1S/C17H20N6O2/c18-16-13(2-1-5-19-16)3-4-14-12-15(22-21-14)17(24)20-6-7-23-8-10-25-11-9-23/h1-2,5,12H,6-11H2,(H2,18,19)(H,20,24)(H,21,22). The summed E-state index contributed by atoms with van der Waals surface area (Å²) < 4.78 is 5.29. The van der Waals surface area contributed by atoms with Crippen LogP contribution in [-0.2, 0) is 4.74 Å². The van der Waals surface area contributed by atoms with E-state index in [1.165, 1.54) is 0 Å². The fourth-order valence-electron chi connectivity index (χ4n) is 2.40. The van der Waals surface area contributed by atoms with Gasteiger partial charge in [0, 0.05) is 38.4 Å². The lowest BCUT2D eigenvalue weighted by Crippen LogP contribution is -2.41. The zero-order valence-corrected chi connectivity index (χ0v) is 13.8. The number of nitrogens with zero attached hydrogens (tertiary/aromatic N) is 3. The summed E-state index contributed by atoms with van der Waals surface area (Å²) >= 11 is 0. The monoisotopic (exact) mass is 340 g/mol. The molecule has 1 amide bonds. The zero-order valence-electron chi connectivity index (χ0n) is 13.8. The molecule has 0 aromatic carbocycles. The fourth-order valence-corrected chi connectivity index (χ4v) is 2.40. The van der Waals surface area contributed by atoms with E-state index in [0.717, 1.165) is 32.8 Å². The van der Waals surface area contributed by atoms with Crippen molar-refractivity contribution in [3.63, 3.8) is 0 Å². The minimum Gasteiger partial charge on any atom is -0.383 e. The van der Waals surface area contributed by atoms with Crippen LogP contribution in [0.3, 0.4) is 0 Å². The Bertz CT molecular complexity index is 786. The number of aromatic nitrogens is 3. The summed E-state index contributed by atoms with van der Waals surface area (Å²) in [5.74, 6) is 5.95. The lowest BCUT2D eigenvalue weighted by Gasteiger charge is -2.26. The van der Waals surface area contributed by atoms with Gasteiger partial charge < -0.3 is 15.8 Å². The Hall–Kier alpha value is -2.89. The molecule has 0 unspecified atom stereocenters. The SMILES string of the molecule is Nc1ncccc1C#Cc1cc(C(=O)NCCN2CCOCC2)n[nH]1. The first kappa shape index (κ1) is 17.0. The van der Waals surface area contributed by atoms with Crippen molar-refractivity contribution in [3.05, 3.63) is 41.3 Å². The quantitative estimate of drug-likeness (QED) is 0.668. The molecule has 25 heavy (non-hydrogen) atoms. The van der Waals surface area contributed by atoms with Crippen LogP contribution in [0.1, 0.15) is 21.7 Å². The number of morpholine rings is 1. The van der Waals surface area contributed by atoms with Gasteiger partial charge in [-0.1, -0.05) is 5.92 Å². The van der Waals surface area contributed by atoms with Crippen molar-refractivity contribution in [2.24, 2.45) is 0 Å². The molecule has 0 aliphatic carbocycles. The number of nitrogen functional groups attached to an aromatic ring is 1. The molecular formula is C17H20N6O2. The van der Waals surface area contributed by atoms with Crippen LogP contribution in [0.4, 0.5) is 5.82 Å². The molecule has 0 radical (unpaired) electrons. The minimum atomic E-state index is -0.224. The van der Waals surface area contributed by atoms with E-state index in [-0.39, 0.29) is 5.91 Å². The van der Waals surface area contributed by atoms with Crippen molar-refractivity contribution in [1.82, 2.24) is 25.4 Å². The van der Waals surface area contributed by atoms with E-state index in [4.69, 9.17) is 10.5 Å². The molecule has 1 saturated heterocycles. The number of hydrogen-bond donors (Lipinski definition) is 3. The summed E-state index contributed by atoms with van der Waals surface area (Å²) in [7, 11) is 0. The number of nitrogens with one attached hydrogen (secondary N) is 2. The van der Waals surface area contributed by atoms with E-state index >= 15 is 0 Å². The third-order valence-corrected chi connectivity index (χ3v) is 3.80. The van der Waals surface area contributed by atoms with Crippen LogP contribution in [0, 0.1) is 11.8 Å². The maximum atomic E-state index is 12.1. The summed E-state index contributed by atoms with van der Waals surface area (Å²) in [6.45, 7) is 4.66. The summed E-state index contributed by atoms with van der Waals surface area (Å²) in [6, 6.07) is 5.16. The number of carbonyl (C=O) groups excluding carboxylic acids is 1. The maximum Gasteiger partial charge on any atom is 0.271 e. The van der Waals surface area contributed by atoms with Crippen molar-refractivity contribution in [2.75, 3.05) is 45.1 Å². The van der Waals surface area contributed by atoms with Crippen LogP contribution in [0.15, 0.2) is 24.4 Å². The van der Waals surface area contributed by atoms with Gasteiger partial charge in [-0.15, -0.1) is 0 Å². The van der Waals surface area contributed by atoms with Crippen molar-refractivity contribution < 1.29 is 9.53 Å². The van der Waals surface area contributed by atoms with E-state index < -0.39 is 0 Å². The molecule has 8 heteroatoms. The van der Waals surface area contributed by atoms with E-state index in [0.29, 0.717) is 29.3 Å². The number of rotatable bonds is 4. The maximum absolute atomic E-state index is 12.1. The number of ether oxygens (including phenoxy) is 1. The smallest absolute Gasteiger partial charge is 0.271 e. The van der Waals surface area contributed by atoms with Gasteiger partial charge in [-0.2, -0.15) is 5.10 Å². The lowest BCUT2D eigenvalue weighted by atomic mass is 10.2. The summed E-state index contributed by atoms with van der Waals surface area (Å²) in [5, 5.41) is 9.60. The third kappa shape index (κ3) is 4.79. The van der Waals surface area contributed by atoms with Gasteiger partial charge in [-0.25, -0.2) is 4.98 Å². The average Bonchev–Trinajstić information content (AvgIpc) is 3.11. The minimum absolute atomic E-state index is 0.224. The molecule has 1 aliphatic heterocycles. The molecule has 0 spiro atoms. The molecule has 1 fully saturated rings. The first-order chi connectivity index (χ1) is 12.2. The molecule has 8 nitrogen and oxygen atoms in total. The van der Waals surface area contributed by atoms with Crippen LogP contribution in [-0.4, -0.2) is 65.4 Å². The Labute approximate surface area is 145 Å². The van der Waals surface area contributed by atoms with E-state index in [1.807, 2.05) is 0 Å². The molecule has 130 valence electrons. The Morgan fingerprint density at radius 2 is 2.24 bits per heavy atom. The molecule has 0 atom stereocenters. The Morgan fingerprint density at radius 3 is 3.04 bits per heavy atom. The normalized spacial score (nSPS) is 14.6. The van der Waals surface area contributed by atoms with Gasteiger partial charge in [-0.05, 0) is 18.1 Å². The van der Waals surface area contributed by atoms with Crippen molar-refractivity contribution in [1.29, 1.82) is 0 Å². The second kappa shape index (κ2) is 8.28. The number of nitrogens with two attached hydrogens (primary N) is 1. The van der Waals surface area contributed by atoms with Crippen molar-refractivity contribution in [3.8, 4) is 11.8 Å². The van der Waals surface area contributed by atoms with Crippen LogP contribution in [0.5, 0.6) is 0 Å². The highest BCUT2D eigenvalue weighted by Gasteiger charge is 2.12. The molecule has 3 rings (SSSR count). The number of aromatic amines is 1. The second-order valence-corrected chi connectivity index (χ2v) is 5.56. The van der Waals surface area contributed by atoms with Crippen LogP contribution >= 0.6 is 0 Å². The van der Waals surface area contributed by atoms with Gasteiger partial charge in [0.05, 0.1) is 18.8 Å². The molecule has 1 aliphatic rings. The summed E-state index contributed by atoms with van der Waals surface area (Å²) in [4.78, 5) is 18.3. The van der Waals surface area contributed by atoms with Gasteiger partial charge in [0.15, 0.2) is 5.69 Å².